The van der Waals surface area contributed by atoms with Crippen molar-refractivity contribution in [1.29, 1.82) is 0 Å². The molecule has 0 aliphatic carbocycles. The van der Waals surface area contributed by atoms with Crippen LogP contribution in [0.25, 0.3) is 12.7 Å². The summed E-state index contributed by atoms with van der Waals surface area (Å²) in [5.41, 5.74) is 0.686. The summed E-state index contributed by atoms with van der Waals surface area (Å²) in [5, 5.41) is 4.61. The molecule has 0 bridgehead atoms. The van der Waals surface area contributed by atoms with Crippen molar-refractivity contribution in [2.45, 2.75) is 12.8 Å². The van der Waals surface area contributed by atoms with Gasteiger partial charge in [-0.15, -0.1) is 0 Å². The van der Waals surface area contributed by atoms with E-state index in [4.69, 9.17) is 12.2 Å². The van der Waals surface area contributed by atoms with Crippen LogP contribution in [0.1, 0.15) is 23.2 Å². The summed E-state index contributed by atoms with van der Waals surface area (Å²) in [4.78, 5) is 17.7. The third-order valence-corrected chi connectivity index (χ3v) is 3.09. The Balaban J connectivity index is 1.79. The van der Waals surface area contributed by atoms with E-state index in [1.165, 1.54) is 0 Å². The van der Waals surface area contributed by atoms with Crippen LogP contribution in [0, 0.1) is 4.77 Å². The summed E-state index contributed by atoms with van der Waals surface area (Å²) >= 11 is 4.98. The average Bonchev–Trinajstić information content (AvgIpc) is 2.77. The monoisotopic (exact) mass is 287 g/mol. The smallest absolute Gasteiger partial charge is 0.251 e. The third-order valence-electron chi connectivity index (χ3n) is 2.89. The molecule has 0 spiro atoms. The maximum atomic E-state index is 11.8. The van der Waals surface area contributed by atoms with Crippen molar-refractivity contribution in [3.8, 4) is 0 Å². The molecule has 1 aromatic carbocycles. The lowest BCUT2D eigenvalue weighted by atomic mass is 10.2. The molecule has 104 valence electrons. The fourth-order valence-electron chi connectivity index (χ4n) is 1.85. The molecule has 0 fully saturated rings. The first kappa shape index (κ1) is 14.3. The molecule has 20 heavy (non-hydrogen) atoms. The number of hydrogen-bond donors (Lipinski definition) is 3. The van der Waals surface area contributed by atoms with E-state index in [0.717, 1.165) is 23.5 Å². The second kappa shape index (κ2) is 6.86. The number of aromatic nitrogens is 2. The minimum Gasteiger partial charge on any atom is -0.352 e. The maximum Gasteiger partial charge on any atom is 0.251 e. The Hall–Kier alpha value is -2.14. The molecular formula is C15H17N3OS. The van der Waals surface area contributed by atoms with Gasteiger partial charge >= 0.3 is 0 Å². The van der Waals surface area contributed by atoms with Crippen LogP contribution >= 0.6 is 12.2 Å². The van der Waals surface area contributed by atoms with Gasteiger partial charge in [-0.05, 0) is 37.2 Å². The molecule has 0 radical (unpaired) electrons. The molecule has 4 nitrogen and oxygen atoms in total. The second-order valence-corrected chi connectivity index (χ2v) is 4.85. The van der Waals surface area contributed by atoms with Crippen molar-refractivity contribution in [3.05, 3.63) is 51.4 Å². The summed E-state index contributed by atoms with van der Waals surface area (Å²) in [5.74, 6) is -0.0375. The Labute approximate surface area is 122 Å². The average molecular weight is 287 g/mol. The molecule has 1 amide bonds. The molecule has 0 saturated carbocycles. The Morgan fingerprint density at radius 3 is 2.70 bits per heavy atom. The van der Waals surface area contributed by atoms with Gasteiger partial charge in [0, 0.05) is 12.1 Å². The minimum atomic E-state index is -0.0375. The zero-order valence-corrected chi connectivity index (χ0v) is 11.9. The third kappa shape index (κ3) is 3.93. The summed E-state index contributed by atoms with van der Waals surface area (Å²) in [6.07, 6.45) is 3.74. The highest BCUT2D eigenvalue weighted by Gasteiger charge is 2.01. The number of nitrogens with one attached hydrogen (secondary N) is 3. The fourth-order valence-corrected chi connectivity index (χ4v) is 2.08. The van der Waals surface area contributed by atoms with Crippen LogP contribution in [0.15, 0.2) is 30.3 Å². The van der Waals surface area contributed by atoms with Crippen LogP contribution in [-0.4, -0.2) is 22.4 Å². The zero-order chi connectivity index (χ0) is 14.4. The molecule has 0 aliphatic rings. The molecule has 0 saturated heterocycles. The van der Waals surface area contributed by atoms with Gasteiger partial charge in [-0.3, -0.25) is 4.79 Å². The molecule has 0 atom stereocenters. The summed E-state index contributed by atoms with van der Waals surface area (Å²) in [6, 6.07) is 9.20. The van der Waals surface area contributed by atoms with Crippen molar-refractivity contribution in [1.82, 2.24) is 15.3 Å². The topological polar surface area (TPSA) is 60.7 Å². The lowest BCUT2D eigenvalue weighted by Crippen LogP contribution is -2.25. The number of benzene rings is 1. The number of carbonyl (C=O) groups is 1. The molecule has 2 aromatic rings. The Morgan fingerprint density at radius 1 is 1.30 bits per heavy atom. The summed E-state index contributed by atoms with van der Waals surface area (Å²) in [7, 11) is 0. The molecule has 0 unspecified atom stereocenters. The van der Waals surface area contributed by atoms with E-state index in [9.17, 15) is 4.79 Å². The van der Waals surface area contributed by atoms with Crippen LogP contribution in [0.3, 0.4) is 0 Å². The fraction of sp³-hybridized carbons (Fsp3) is 0.200. The molecule has 2 rings (SSSR count). The number of aromatic amines is 2. The highest BCUT2D eigenvalue weighted by Crippen LogP contribution is 1.98. The molecule has 1 heterocycles. The number of H-pyrrole nitrogens is 2. The largest absolute Gasteiger partial charge is 0.352 e. The van der Waals surface area contributed by atoms with Gasteiger partial charge in [0.1, 0.15) is 0 Å². The SMILES string of the molecule is C=c1[nH]c(=S)[nH]c1=CCCCNC(=O)c1ccccc1. The minimum absolute atomic E-state index is 0.0375. The van der Waals surface area contributed by atoms with Crippen molar-refractivity contribution < 1.29 is 4.79 Å². The van der Waals surface area contributed by atoms with E-state index >= 15 is 0 Å². The number of carbonyl (C=O) groups excluding carboxylic acids is 1. The van der Waals surface area contributed by atoms with Crippen LogP contribution in [0.5, 0.6) is 0 Å². The van der Waals surface area contributed by atoms with Crippen molar-refractivity contribution in [2.24, 2.45) is 0 Å². The van der Waals surface area contributed by atoms with E-state index < -0.39 is 0 Å². The van der Waals surface area contributed by atoms with Gasteiger partial charge < -0.3 is 15.3 Å². The lowest BCUT2D eigenvalue weighted by molar-refractivity contribution is 0.0953. The number of unbranched alkanes of at least 4 members (excludes halogenated alkanes) is 1. The van der Waals surface area contributed by atoms with Gasteiger partial charge in [-0.1, -0.05) is 30.9 Å². The van der Waals surface area contributed by atoms with Crippen molar-refractivity contribution in [2.75, 3.05) is 6.54 Å². The number of hydrogen-bond acceptors (Lipinski definition) is 2. The molecule has 3 N–H and O–H groups in total. The number of amides is 1. The normalized spacial score (nSPS) is 11.5. The van der Waals surface area contributed by atoms with Gasteiger partial charge in [0.05, 0.1) is 10.7 Å². The highest BCUT2D eigenvalue weighted by atomic mass is 32.1. The quantitative estimate of drug-likeness (QED) is 0.576. The van der Waals surface area contributed by atoms with Gasteiger partial charge in [0.25, 0.3) is 5.91 Å². The number of rotatable bonds is 5. The van der Waals surface area contributed by atoms with E-state index in [-0.39, 0.29) is 5.91 Å². The van der Waals surface area contributed by atoms with Gasteiger partial charge in [0.15, 0.2) is 4.77 Å². The van der Waals surface area contributed by atoms with Crippen LogP contribution < -0.4 is 16.0 Å². The summed E-state index contributed by atoms with van der Waals surface area (Å²) < 4.78 is 0.582. The van der Waals surface area contributed by atoms with E-state index in [0.29, 0.717) is 16.9 Å². The first-order valence-corrected chi connectivity index (χ1v) is 6.88. The molecule has 5 heteroatoms. The highest BCUT2D eigenvalue weighted by molar-refractivity contribution is 7.71. The van der Waals surface area contributed by atoms with E-state index in [2.05, 4.69) is 21.9 Å². The predicted molar refractivity (Wildman–Crippen MR) is 83.2 cm³/mol. The summed E-state index contributed by atoms with van der Waals surface area (Å²) in [6.45, 7) is 4.49. The van der Waals surface area contributed by atoms with Crippen LogP contribution in [-0.2, 0) is 0 Å². The Kier molecular flexibility index (Phi) is 4.90. The Bertz CT molecular complexity index is 730. The maximum absolute atomic E-state index is 11.8. The molecule has 1 aromatic heterocycles. The first-order valence-electron chi connectivity index (χ1n) is 6.47. The number of imidazole rings is 1. The van der Waals surface area contributed by atoms with Crippen molar-refractivity contribution in [3.63, 3.8) is 0 Å². The molecular weight excluding hydrogens is 270 g/mol. The standard InChI is InChI=1S/C15H17N3OS/c1-11-13(18-15(20)17-11)9-5-6-10-16-14(19)12-7-3-2-4-8-12/h2-4,7-9H,1,5-6,10H2,(H,16,19)(H2,17,18,20). The van der Waals surface area contributed by atoms with Crippen LogP contribution in [0.4, 0.5) is 0 Å². The second-order valence-electron chi connectivity index (χ2n) is 4.44. The van der Waals surface area contributed by atoms with Gasteiger partial charge in [0.2, 0.25) is 0 Å². The molecule has 0 aliphatic heterocycles. The first-order chi connectivity index (χ1) is 9.66. The lowest BCUT2D eigenvalue weighted by Gasteiger charge is -2.03. The van der Waals surface area contributed by atoms with E-state index in [1.807, 2.05) is 24.3 Å². The van der Waals surface area contributed by atoms with E-state index in [1.54, 1.807) is 12.1 Å². The zero-order valence-electron chi connectivity index (χ0n) is 11.1. The predicted octanol–water partition coefficient (Wildman–Crippen LogP) is 1.47. The van der Waals surface area contributed by atoms with Crippen LogP contribution in [0.2, 0.25) is 0 Å². The Morgan fingerprint density at radius 2 is 2.05 bits per heavy atom. The van der Waals surface area contributed by atoms with Gasteiger partial charge in [-0.25, -0.2) is 0 Å². The van der Waals surface area contributed by atoms with Gasteiger partial charge in [-0.2, -0.15) is 0 Å². The van der Waals surface area contributed by atoms with Crippen molar-refractivity contribution >= 4 is 30.8 Å².